The molecule has 2 aromatic rings. The quantitative estimate of drug-likeness (QED) is 0.729. The van der Waals surface area contributed by atoms with Crippen molar-refractivity contribution < 1.29 is 9.59 Å². The topological polar surface area (TPSA) is 52.6 Å². The highest BCUT2D eigenvalue weighted by Crippen LogP contribution is 2.20. The Labute approximate surface area is 169 Å². The number of amides is 2. The van der Waals surface area contributed by atoms with Gasteiger partial charge in [0.05, 0.1) is 17.1 Å². The number of hydrogen-bond acceptors (Lipinski definition) is 3. The molecule has 2 rings (SSSR count). The van der Waals surface area contributed by atoms with Gasteiger partial charge < -0.3 is 15.1 Å². The molecule has 144 valence electrons. The van der Waals surface area contributed by atoms with E-state index in [1.807, 2.05) is 49.3 Å². The summed E-state index contributed by atoms with van der Waals surface area (Å²) in [6, 6.07) is 14.4. The summed E-state index contributed by atoms with van der Waals surface area (Å²) < 4.78 is 0. The first-order chi connectivity index (χ1) is 12.9. The molecule has 0 heterocycles. The number of hydrogen-bond donors (Lipinski definition) is 1. The predicted octanol–water partition coefficient (Wildman–Crippen LogP) is 3.31. The van der Waals surface area contributed by atoms with Gasteiger partial charge >= 0.3 is 0 Å². The molecule has 0 unspecified atom stereocenters. The predicted molar refractivity (Wildman–Crippen MR) is 109 cm³/mol. The molecule has 0 atom stereocenters. The molecule has 0 aliphatic carbocycles. The second-order valence-electron chi connectivity index (χ2n) is 6.41. The molecule has 0 bridgehead atoms. The Morgan fingerprint density at radius 2 is 1.70 bits per heavy atom. The third kappa shape index (κ3) is 6.86. The lowest BCUT2D eigenvalue weighted by atomic mass is 10.2. The fourth-order valence-electron chi connectivity index (χ4n) is 2.45. The summed E-state index contributed by atoms with van der Waals surface area (Å²) in [6.45, 7) is 1.69. The molecule has 0 aromatic heterocycles. The molecular weight excluding hydrogens is 385 g/mol. The Kier molecular flexibility index (Phi) is 8.10. The molecule has 0 saturated heterocycles. The molecule has 1 N–H and O–H groups in total. The summed E-state index contributed by atoms with van der Waals surface area (Å²) in [7, 11) is 3.91. The molecule has 7 heteroatoms. The standard InChI is InChI=1S/C20H23Cl2N3O2/c1-24(2)10-11-25(14-15-6-4-3-5-7-15)19(26)13-23-20(27)17-9-8-16(21)12-18(17)22/h3-9,12H,10-11,13-14H2,1-2H3,(H,23,27). The first-order valence-electron chi connectivity index (χ1n) is 8.56. The molecular formula is C20H23Cl2N3O2. The number of benzene rings is 2. The van der Waals surface area contributed by atoms with Crippen LogP contribution in [0.25, 0.3) is 0 Å². The number of carbonyl (C=O) groups is 2. The van der Waals surface area contributed by atoms with Gasteiger partial charge in [0.1, 0.15) is 0 Å². The maximum atomic E-state index is 12.7. The highest BCUT2D eigenvalue weighted by atomic mass is 35.5. The minimum Gasteiger partial charge on any atom is -0.343 e. The van der Waals surface area contributed by atoms with Crippen molar-refractivity contribution in [2.45, 2.75) is 6.54 Å². The van der Waals surface area contributed by atoms with Gasteiger partial charge in [0.15, 0.2) is 0 Å². The lowest BCUT2D eigenvalue weighted by molar-refractivity contribution is -0.130. The SMILES string of the molecule is CN(C)CCN(Cc1ccccc1)C(=O)CNC(=O)c1ccc(Cl)cc1Cl. The van der Waals surface area contributed by atoms with Crippen LogP contribution in [0.3, 0.4) is 0 Å². The molecule has 2 aromatic carbocycles. The lowest BCUT2D eigenvalue weighted by Gasteiger charge is -2.25. The molecule has 0 aliphatic heterocycles. The van der Waals surface area contributed by atoms with Crippen molar-refractivity contribution in [2.75, 3.05) is 33.7 Å². The monoisotopic (exact) mass is 407 g/mol. The van der Waals surface area contributed by atoms with Crippen LogP contribution in [-0.4, -0.2) is 55.3 Å². The molecule has 27 heavy (non-hydrogen) atoms. The molecule has 5 nitrogen and oxygen atoms in total. The summed E-state index contributed by atoms with van der Waals surface area (Å²) >= 11 is 11.9. The number of nitrogens with one attached hydrogen (secondary N) is 1. The first-order valence-corrected chi connectivity index (χ1v) is 9.32. The van der Waals surface area contributed by atoms with E-state index in [-0.39, 0.29) is 23.0 Å². The molecule has 0 radical (unpaired) electrons. The van der Waals surface area contributed by atoms with Crippen LogP contribution >= 0.6 is 23.2 Å². The van der Waals surface area contributed by atoms with Gasteiger partial charge in [-0.25, -0.2) is 0 Å². The summed E-state index contributed by atoms with van der Waals surface area (Å²) in [5.41, 5.74) is 1.33. The molecule has 0 fully saturated rings. The largest absolute Gasteiger partial charge is 0.343 e. The van der Waals surface area contributed by atoms with Gasteiger partial charge in [-0.05, 0) is 37.9 Å². The van der Waals surface area contributed by atoms with Crippen LogP contribution < -0.4 is 5.32 Å². The van der Waals surface area contributed by atoms with Gasteiger partial charge in [0, 0.05) is 24.7 Å². The highest BCUT2D eigenvalue weighted by molar-refractivity contribution is 6.36. The maximum Gasteiger partial charge on any atom is 0.253 e. The molecule has 0 spiro atoms. The lowest BCUT2D eigenvalue weighted by Crippen LogP contribution is -2.42. The van der Waals surface area contributed by atoms with Gasteiger partial charge in [-0.1, -0.05) is 53.5 Å². The summed E-state index contributed by atoms with van der Waals surface area (Å²) in [5, 5.41) is 3.34. The number of nitrogens with zero attached hydrogens (tertiary/aromatic N) is 2. The van der Waals surface area contributed by atoms with E-state index in [1.54, 1.807) is 11.0 Å². The van der Waals surface area contributed by atoms with Crippen molar-refractivity contribution in [1.29, 1.82) is 0 Å². The van der Waals surface area contributed by atoms with Crippen molar-refractivity contribution in [3.05, 3.63) is 69.7 Å². The zero-order chi connectivity index (χ0) is 19.8. The van der Waals surface area contributed by atoms with E-state index < -0.39 is 5.91 Å². The van der Waals surface area contributed by atoms with E-state index in [2.05, 4.69) is 5.32 Å². The smallest absolute Gasteiger partial charge is 0.253 e. The van der Waals surface area contributed by atoms with Crippen LogP contribution in [0.15, 0.2) is 48.5 Å². The fourth-order valence-corrected chi connectivity index (χ4v) is 2.95. The average Bonchev–Trinajstić information content (AvgIpc) is 2.63. The van der Waals surface area contributed by atoms with Gasteiger partial charge in [-0.15, -0.1) is 0 Å². The Bertz CT molecular complexity index is 782. The molecule has 0 saturated carbocycles. The van der Waals surface area contributed by atoms with Gasteiger partial charge in [-0.2, -0.15) is 0 Å². The second-order valence-corrected chi connectivity index (χ2v) is 7.25. The minimum absolute atomic E-state index is 0.0992. The van der Waals surface area contributed by atoms with Crippen molar-refractivity contribution in [3.8, 4) is 0 Å². The van der Waals surface area contributed by atoms with Gasteiger partial charge in [0.2, 0.25) is 5.91 Å². The maximum absolute atomic E-state index is 12.7. The minimum atomic E-state index is -0.405. The van der Waals surface area contributed by atoms with E-state index in [0.29, 0.717) is 18.1 Å². The Morgan fingerprint density at radius 3 is 2.33 bits per heavy atom. The van der Waals surface area contributed by atoms with Crippen LogP contribution in [0.2, 0.25) is 10.0 Å². The van der Waals surface area contributed by atoms with E-state index in [4.69, 9.17) is 23.2 Å². The zero-order valence-electron chi connectivity index (χ0n) is 15.4. The second kappa shape index (κ2) is 10.3. The van der Waals surface area contributed by atoms with Gasteiger partial charge in [-0.3, -0.25) is 9.59 Å². The molecule has 0 aliphatic rings. The Balaban J connectivity index is 2.00. The van der Waals surface area contributed by atoms with Crippen LogP contribution in [0, 0.1) is 0 Å². The number of carbonyl (C=O) groups excluding carboxylic acids is 2. The normalized spacial score (nSPS) is 10.7. The van der Waals surface area contributed by atoms with Crippen molar-refractivity contribution >= 4 is 35.0 Å². The number of rotatable bonds is 8. The first kappa shape index (κ1) is 21.2. The average molecular weight is 408 g/mol. The third-order valence-corrected chi connectivity index (χ3v) is 4.51. The summed E-state index contributed by atoms with van der Waals surface area (Å²) in [4.78, 5) is 28.7. The third-order valence-electron chi connectivity index (χ3n) is 3.96. The summed E-state index contributed by atoms with van der Waals surface area (Å²) in [5.74, 6) is -0.559. The van der Waals surface area contributed by atoms with Crippen LogP contribution in [0.1, 0.15) is 15.9 Å². The van der Waals surface area contributed by atoms with E-state index >= 15 is 0 Å². The number of halogens is 2. The zero-order valence-corrected chi connectivity index (χ0v) is 16.9. The summed E-state index contributed by atoms with van der Waals surface area (Å²) in [6.07, 6.45) is 0. The van der Waals surface area contributed by atoms with E-state index in [9.17, 15) is 9.59 Å². The highest BCUT2D eigenvalue weighted by Gasteiger charge is 2.17. The number of likely N-dealkylation sites (N-methyl/N-ethyl adjacent to an activating group) is 1. The molecule has 2 amide bonds. The Hall–Kier alpha value is -2.08. The van der Waals surface area contributed by atoms with Crippen molar-refractivity contribution in [2.24, 2.45) is 0 Å². The van der Waals surface area contributed by atoms with E-state index in [0.717, 1.165) is 12.1 Å². The van der Waals surface area contributed by atoms with E-state index in [1.165, 1.54) is 12.1 Å². The van der Waals surface area contributed by atoms with Crippen LogP contribution in [-0.2, 0) is 11.3 Å². The van der Waals surface area contributed by atoms with Crippen LogP contribution in [0.5, 0.6) is 0 Å². The fraction of sp³-hybridized carbons (Fsp3) is 0.300. The van der Waals surface area contributed by atoms with Crippen molar-refractivity contribution in [1.82, 2.24) is 15.1 Å². The Morgan fingerprint density at radius 1 is 1.00 bits per heavy atom. The van der Waals surface area contributed by atoms with Crippen molar-refractivity contribution in [3.63, 3.8) is 0 Å². The van der Waals surface area contributed by atoms with Crippen LogP contribution in [0.4, 0.5) is 0 Å². The van der Waals surface area contributed by atoms with Gasteiger partial charge in [0.25, 0.3) is 5.91 Å².